The summed E-state index contributed by atoms with van der Waals surface area (Å²) in [5, 5.41) is 2.91. The van der Waals surface area contributed by atoms with E-state index in [2.05, 4.69) is 10.3 Å². The summed E-state index contributed by atoms with van der Waals surface area (Å²) in [5.41, 5.74) is 0.827. The van der Waals surface area contributed by atoms with Gasteiger partial charge in [-0.05, 0) is 44.2 Å². The highest BCUT2D eigenvalue weighted by Gasteiger charge is 2.47. The van der Waals surface area contributed by atoms with Gasteiger partial charge in [0.15, 0.2) is 0 Å². The first-order valence-electron chi connectivity index (χ1n) is 7.67. The third-order valence-electron chi connectivity index (χ3n) is 4.47. The summed E-state index contributed by atoms with van der Waals surface area (Å²) in [4.78, 5) is 31.2. The van der Waals surface area contributed by atoms with Gasteiger partial charge in [-0.25, -0.2) is 0 Å². The van der Waals surface area contributed by atoms with Crippen LogP contribution in [0.5, 0.6) is 0 Å². The first-order valence-corrected chi connectivity index (χ1v) is 7.67. The number of hydrogen-bond acceptors (Lipinski definition) is 3. The highest BCUT2D eigenvalue weighted by molar-refractivity contribution is 5.97. The lowest BCUT2D eigenvalue weighted by molar-refractivity contribution is -0.152. The lowest BCUT2D eigenvalue weighted by Crippen LogP contribution is -2.64. The molecule has 21 heavy (non-hydrogen) atoms. The molecule has 3 rings (SSSR count). The molecule has 3 atom stereocenters. The maximum atomic E-state index is 12.8. The molecule has 0 radical (unpaired) electrons. The van der Waals surface area contributed by atoms with E-state index in [0.717, 1.165) is 18.5 Å². The van der Waals surface area contributed by atoms with E-state index in [9.17, 15) is 9.59 Å². The number of amides is 2. The third-order valence-corrected chi connectivity index (χ3v) is 4.47. The van der Waals surface area contributed by atoms with E-state index in [1.165, 1.54) is 0 Å². The quantitative estimate of drug-likeness (QED) is 0.916. The molecule has 3 unspecified atom stereocenters. The summed E-state index contributed by atoms with van der Waals surface area (Å²) < 4.78 is 0. The highest BCUT2D eigenvalue weighted by Crippen LogP contribution is 2.37. The van der Waals surface area contributed by atoms with Crippen molar-refractivity contribution in [3.05, 3.63) is 30.1 Å². The van der Waals surface area contributed by atoms with E-state index in [4.69, 9.17) is 0 Å². The third kappa shape index (κ3) is 2.52. The SMILES string of the molecule is CCC1C(=O)NC(C2CC2)C(=O)N1C(C)c1ccccn1. The van der Waals surface area contributed by atoms with E-state index in [1.807, 2.05) is 32.0 Å². The molecule has 2 amide bonds. The van der Waals surface area contributed by atoms with Crippen molar-refractivity contribution in [3.63, 3.8) is 0 Å². The number of nitrogens with zero attached hydrogens (tertiary/aromatic N) is 2. The molecule has 2 aliphatic rings. The van der Waals surface area contributed by atoms with Crippen LogP contribution in [-0.4, -0.2) is 33.8 Å². The van der Waals surface area contributed by atoms with Crippen molar-refractivity contribution >= 4 is 11.8 Å². The zero-order valence-electron chi connectivity index (χ0n) is 12.5. The molecule has 5 heteroatoms. The summed E-state index contributed by atoms with van der Waals surface area (Å²) in [6.45, 7) is 3.89. The van der Waals surface area contributed by atoms with Gasteiger partial charge in [-0.1, -0.05) is 13.0 Å². The normalized spacial score (nSPS) is 27.4. The van der Waals surface area contributed by atoms with Crippen molar-refractivity contribution in [2.45, 2.75) is 51.2 Å². The number of rotatable bonds is 4. The molecule has 1 aromatic heterocycles. The molecular weight excluding hydrogens is 266 g/mol. The average molecular weight is 287 g/mol. The second kappa shape index (κ2) is 5.47. The van der Waals surface area contributed by atoms with Gasteiger partial charge in [0.1, 0.15) is 12.1 Å². The van der Waals surface area contributed by atoms with Crippen LogP contribution in [0, 0.1) is 5.92 Å². The summed E-state index contributed by atoms with van der Waals surface area (Å²) in [6, 6.07) is 4.74. The Kier molecular flexibility index (Phi) is 3.66. The fraction of sp³-hybridized carbons (Fsp3) is 0.562. The van der Waals surface area contributed by atoms with Crippen LogP contribution in [0.4, 0.5) is 0 Å². The van der Waals surface area contributed by atoms with Crippen LogP contribution in [0.2, 0.25) is 0 Å². The maximum absolute atomic E-state index is 12.8. The number of nitrogens with one attached hydrogen (secondary N) is 1. The molecule has 0 aromatic carbocycles. The minimum atomic E-state index is -0.399. The molecule has 2 fully saturated rings. The summed E-state index contributed by atoms with van der Waals surface area (Å²) in [6.07, 6.45) is 4.39. The van der Waals surface area contributed by atoms with Crippen molar-refractivity contribution in [2.24, 2.45) is 5.92 Å². The number of carbonyl (C=O) groups excluding carboxylic acids is 2. The van der Waals surface area contributed by atoms with Gasteiger partial charge in [0.2, 0.25) is 11.8 Å². The van der Waals surface area contributed by atoms with Crippen LogP contribution >= 0.6 is 0 Å². The number of aromatic nitrogens is 1. The van der Waals surface area contributed by atoms with Crippen molar-refractivity contribution in [3.8, 4) is 0 Å². The minimum Gasteiger partial charge on any atom is -0.342 e. The van der Waals surface area contributed by atoms with E-state index >= 15 is 0 Å². The molecule has 0 spiro atoms. The van der Waals surface area contributed by atoms with E-state index < -0.39 is 6.04 Å². The summed E-state index contributed by atoms with van der Waals surface area (Å²) >= 11 is 0. The Morgan fingerprint density at radius 2 is 2.14 bits per heavy atom. The van der Waals surface area contributed by atoms with Gasteiger partial charge in [0, 0.05) is 6.20 Å². The maximum Gasteiger partial charge on any atom is 0.246 e. The Morgan fingerprint density at radius 1 is 1.38 bits per heavy atom. The van der Waals surface area contributed by atoms with Crippen LogP contribution < -0.4 is 5.32 Å². The number of pyridine rings is 1. The van der Waals surface area contributed by atoms with Crippen molar-refractivity contribution in [2.75, 3.05) is 0 Å². The van der Waals surface area contributed by atoms with Crippen molar-refractivity contribution in [1.29, 1.82) is 0 Å². The van der Waals surface area contributed by atoms with E-state index in [0.29, 0.717) is 12.3 Å². The molecule has 0 bridgehead atoms. The average Bonchev–Trinajstić information content (AvgIpc) is 3.33. The molecule has 1 N–H and O–H groups in total. The molecular formula is C16H21N3O2. The Balaban J connectivity index is 1.91. The zero-order valence-corrected chi connectivity index (χ0v) is 12.5. The lowest BCUT2D eigenvalue weighted by Gasteiger charge is -2.42. The topological polar surface area (TPSA) is 62.3 Å². The highest BCUT2D eigenvalue weighted by atomic mass is 16.2. The van der Waals surface area contributed by atoms with Crippen LogP contribution in [-0.2, 0) is 9.59 Å². The van der Waals surface area contributed by atoms with Crippen molar-refractivity contribution < 1.29 is 9.59 Å². The molecule has 1 aliphatic carbocycles. The van der Waals surface area contributed by atoms with Crippen molar-refractivity contribution in [1.82, 2.24) is 15.2 Å². The summed E-state index contributed by atoms with van der Waals surface area (Å²) in [5.74, 6) is 0.330. The Morgan fingerprint density at radius 3 is 2.71 bits per heavy atom. The predicted octanol–water partition coefficient (Wildman–Crippen LogP) is 1.66. The first-order chi connectivity index (χ1) is 10.1. The predicted molar refractivity (Wildman–Crippen MR) is 78.2 cm³/mol. The Hall–Kier alpha value is -1.91. The van der Waals surface area contributed by atoms with Gasteiger partial charge in [-0.3, -0.25) is 14.6 Å². The van der Waals surface area contributed by atoms with Crippen LogP contribution in [0.25, 0.3) is 0 Å². The number of hydrogen-bond donors (Lipinski definition) is 1. The van der Waals surface area contributed by atoms with Gasteiger partial charge in [-0.15, -0.1) is 0 Å². The van der Waals surface area contributed by atoms with Crippen LogP contribution in [0.15, 0.2) is 24.4 Å². The molecule has 1 saturated heterocycles. The zero-order chi connectivity index (χ0) is 15.0. The molecule has 1 saturated carbocycles. The molecule has 112 valence electrons. The lowest BCUT2D eigenvalue weighted by atomic mass is 9.98. The second-order valence-electron chi connectivity index (χ2n) is 5.92. The fourth-order valence-corrected chi connectivity index (χ4v) is 3.11. The number of piperazine rings is 1. The number of carbonyl (C=O) groups is 2. The van der Waals surface area contributed by atoms with Gasteiger partial charge >= 0.3 is 0 Å². The van der Waals surface area contributed by atoms with Gasteiger partial charge in [-0.2, -0.15) is 0 Å². The van der Waals surface area contributed by atoms with Gasteiger partial charge in [0.25, 0.3) is 0 Å². The molecule has 5 nitrogen and oxygen atoms in total. The first kappa shape index (κ1) is 14.0. The Bertz CT molecular complexity index is 542. The van der Waals surface area contributed by atoms with E-state index in [-0.39, 0.29) is 23.9 Å². The van der Waals surface area contributed by atoms with E-state index in [1.54, 1.807) is 11.1 Å². The van der Waals surface area contributed by atoms with Gasteiger partial charge < -0.3 is 10.2 Å². The summed E-state index contributed by atoms with van der Waals surface area (Å²) in [7, 11) is 0. The monoisotopic (exact) mass is 287 g/mol. The molecule has 2 heterocycles. The van der Waals surface area contributed by atoms with Crippen LogP contribution in [0.1, 0.15) is 44.8 Å². The fourth-order valence-electron chi connectivity index (χ4n) is 3.11. The smallest absolute Gasteiger partial charge is 0.246 e. The van der Waals surface area contributed by atoms with Gasteiger partial charge in [0.05, 0.1) is 11.7 Å². The molecule has 1 aromatic rings. The van der Waals surface area contributed by atoms with Crippen LogP contribution in [0.3, 0.4) is 0 Å². The molecule has 1 aliphatic heterocycles. The second-order valence-corrected chi connectivity index (χ2v) is 5.92. The Labute approximate surface area is 124 Å². The largest absolute Gasteiger partial charge is 0.342 e. The minimum absolute atomic E-state index is 0.0308. The standard InChI is InChI=1S/C16H21N3O2/c1-3-13-15(20)18-14(11-7-8-11)16(21)19(13)10(2)12-6-4-5-9-17-12/h4-6,9-11,13-14H,3,7-8H2,1-2H3,(H,18,20).